The summed E-state index contributed by atoms with van der Waals surface area (Å²) in [5, 5.41) is 97.6. The van der Waals surface area contributed by atoms with Crippen molar-refractivity contribution in [1.29, 1.82) is 0 Å². The van der Waals surface area contributed by atoms with Gasteiger partial charge in [0.15, 0.2) is 12.1 Å². The van der Waals surface area contributed by atoms with Crippen LogP contribution in [0.5, 0.6) is 0 Å². The molecule has 4 aliphatic carbocycles. The number of rotatable bonds is 8. The van der Waals surface area contributed by atoms with E-state index in [9.17, 15) is 50.8 Å². The first-order valence-corrected chi connectivity index (χ1v) is 16.5. The molecule has 12 nitrogen and oxygen atoms in total. The number of hydrogen-bond donors (Lipinski definition) is 9. The standard InChI is InChI=1S/C33H54O12/c1-29(2,41)9-8-24(45-28-27(40)26(39)25(38)22(15-34)44-28)32(5,42)23-7-11-33(43)17-12-19(35)18-13-20(36)21(37)14-30(18,3)16(17)6-10-31(23,33)4/h12,16,18,20-28,34,36-43H,6-11,13-15H2,1-5H3/t16-,18+,20+,21-,22+,23-,24+,25+,26-,27+,28?,30+,31+,32+,33+/m0/s1. The minimum atomic E-state index is -1.69. The molecule has 0 radical (unpaired) electrons. The number of ether oxygens (including phenoxy) is 2. The summed E-state index contributed by atoms with van der Waals surface area (Å²) in [6.07, 6.45) is -6.69. The normalized spacial score (nSPS) is 48.9. The van der Waals surface area contributed by atoms with Crippen LogP contribution in [0.3, 0.4) is 0 Å². The lowest BCUT2D eigenvalue weighted by Crippen LogP contribution is -2.64. The van der Waals surface area contributed by atoms with E-state index in [1.54, 1.807) is 26.8 Å². The second kappa shape index (κ2) is 11.8. The van der Waals surface area contributed by atoms with Crippen molar-refractivity contribution in [3.63, 3.8) is 0 Å². The van der Waals surface area contributed by atoms with Gasteiger partial charge in [-0.05, 0) is 101 Å². The van der Waals surface area contributed by atoms with E-state index in [1.807, 2.05) is 13.8 Å². The van der Waals surface area contributed by atoms with E-state index in [2.05, 4.69) is 0 Å². The maximum Gasteiger partial charge on any atom is 0.187 e. The Morgan fingerprint density at radius 2 is 1.64 bits per heavy atom. The molecule has 4 fully saturated rings. The van der Waals surface area contributed by atoms with Crippen molar-refractivity contribution >= 4 is 5.78 Å². The smallest absolute Gasteiger partial charge is 0.187 e. The number of aliphatic hydroxyl groups is 9. The van der Waals surface area contributed by atoms with Crippen molar-refractivity contribution in [2.24, 2.45) is 28.6 Å². The van der Waals surface area contributed by atoms with Crippen LogP contribution in [0.1, 0.15) is 86.0 Å². The highest BCUT2D eigenvalue weighted by atomic mass is 16.7. The Bertz CT molecular complexity index is 1150. The van der Waals surface area contributed by atoms with Gasteiger partial charge in [0, 0.05) is 11.3 Å². The highest BCUT2D eigenvalue weighted by molar-refractivity contribution is 5.95. The van der Waals surface area contributed by atoms with Gasteiger partial charge >= 0.3 is 0 Å². The Balaban J connectivity index is 1.47. The minimum absolute atomic E-state index is 0.111. The minimum Gasteiger partial charge on any atom is -0.394 e. The molecule has 1 heterocycles. The summed E-state index contributed by atoms with van der Waals surface area (Å²) in [6.45, 7) is 8.06. The average Bonchev–Trinajstić information content (AvgIpc) is 3.23. The first-order chi connectivity index (χ1) is 20.7. The molecule has 0 bridgehead atoms. The van der Waals surface area contributed by atoms with E-state index >= 15 is 0 Å². The zero-order valence-corrected chi connectivity index (χ0v) is 27.0. The number of aliphatic hydroxyl groups excluding tert-OH is 6. The van der Waals surface area contributed by atoms with Gasteiger partial charge in [-0.25, -0.2) is 0 Å². The van der Waals surface area contributed by atoms with Gasteiger partial charge < -0.3 is 55.4 Å². The maximum atomic E-state index is 13.5. The summed E-state index contributed by atoms with van der Waals surface area (Å²) in [7, 11) is 0. The second-order valence-electron chi connectivity index (χ2n) is 16.0. The number of carbonyl (C=O) groups is 1. The van der Waals surface area contributed by atoms with E-state index in [0.717, 1.165) is 0 Å². The van der Waals surface area contributed by atoms with Crippen LogP contribution in [0.25, 0.3) is 0 Å². The fourth-order valence-electron chi connectivity index (χ4n) is 9.86. The summed E-state index contributed by atoms with van der Waals surface area (Å²) in [5.74, 6) is -1.40. The Labute approximate surface area is 264 Å². The van der Waals surface area contributed by atoms with E-state index in [-0.39, 0.29) is 43.8 Å². The lowest BCUT2D eigenvalue weighted by molar-refractivity contribution is -0.328. The molecule has 0 aromatic rings. The van der Waals surface area contributed by atoms with Crippen molar-refractivity contribution in [1.82, 2.24) is 0 Å². The van der Waals surface area contributed by atoms with Crippen LogP contribution in [-0.4, -0.2) is 124 Å². The Morgan fingerprint density at radius 3 is 2.27 bits per heavy atom. The fourth-order valence-corrected chi connectivity index (χ4v) is 9.86. The van der Waals surface area contributed by atoms with Crippen molar-refractivity contribution in [3.8, 4) is 0 Å². The van der Waals surface area contributed by atoms with Gasteiger partial charge in [-0.1, -0.05) is 13.8 Å². The molecule has 5 aliphatic rings. The largest absolute Gasteiger partial charge is 0.394 e. The first kappa shape index (κ1) is 35.3. The summed E-state index contributed by atoms with van der Waals surface area (Å²) in [6, 6.07) is 0. The van der Waals surface area contributed by atoms with Crippen molar-refractivity contribution in [3.05, 3.63) is 11.6 Å². The number of ketones is 1. The zero-order valence-electron chi connectivity index (χ0n) is 27.0. The quantitative estimate of drug-likeness (QED) is 0.166. The molecule has 0 aromatic heterocycles. The van der Waals surface area contributed by atoms with Gasteiger partial charge in [0.1, 0.15) is 24.4 Å². The third kappa shape index (κ3) is 5.65. The average molecular weight is 643 g/mol. The van der Waals surface area contributed by atoms with Gasteiger partial charge in [-0.3, -0.25) is 4.79 Å². The second-order valence-corrected chi connectivity index (χ2v) is 16.0. The molecule has 0 aromatic carbocycles. The molecule has 12 heteroatoms. The van der Waals surface area contributed by atoms with Crippen molar-refractivity contribution in [2.75, 3.05) is 6.61 Å². The topological polar surface area (TPSA) is 218 Å². The summed E-state index contributed by atoms with van der Waals surface area (Å²) in [4.78, 5) is 13.5. The molecule has 5 rings (SSSR count). The van der Waals surface area contributed by atoms with Crippen molar-refractivity contribution in [2.45, 2.75) is 152 Å². The first-order valence-electron chi connectivity index (χ1n) is 16.5. The number of fused-ring (bicyclic) bond motifs is 5. The van der Waals surface area contributed by atoms with Crippen LogP contribution in [0, 0.1) is 28.6 Å². The van der Waals surface area contributed by atoms with Crippen LogP contribution in [0.15, 0.2) is 11.6 Å². The molecule has 9 N–H and O–H groups in total. The highest BCUT2D eigenvalue weighted by Crippen LogP contribution is 2.68. The predicted octanol–water partition coefficient (Wildman–Crippen LogP) is -0.322. The summed E-state index contributed by atoms with van der Waals surface area (Å²) < 4.78 is 11.8. The fraction of sp³-hybridized carbons (Fsp3) is 0.909. The van der Waals surface area contributed by atoms with E-state index < -0.39 is 95.1 Å². The van der Waals surface area contributed by atoms with Gasteiger partial charge in [-0.15, -0.1) is 0 Å². The number of allylic oxidation sites excluding steroid dienone is 1. The molecule has 1 unspecified atom stereocenters. The maximum absolute atomic E-state index is 13.5. The molecular formula is C33H54O12. The van der Waals surface area contributed by atoms with Gasteiger partial charge in [0.05, 0.1) is 41.7 Å². The lowest BCUT2D eigenvalue weighted by Gasteiger charge is -2.61. The van der Waals surface area contributed by atoms with Crippen LogP contribution >= 0.6 is 0 Å². The third-order valence-corrected chi connectivity index (χ3v) is 12.6. The van der Waals surface area contributed by atoms with Gasteiger partial charge in [0.25, 0.3) is 0 Å². The monoisotopic (exact) mass is 642 g/mol. The van der Waals surface area contributed by atoms with E-state index in [0.29, 0.717) is 24.8 Å². The zero-order chi connectivity index (χ0) is 33.5. The molecule has 45 heavy (non-hydrogen) atoms. The van der Waals surface area contributed by atoms with E-state index in [4.69, 9.17) is 9.47 Å². The summed E-state index contributed by atoms with van der Waals surface area (Å²) >= 11 is 0. The Kier molecular flexibility index (Phi) is 9.28. The predicted molar refractivity (Wildman–Crippen MR) is 159 cm³/mol. The van der Waals surface area contributed by atoms with Crippen molar-refractivity contribution < 1.29 is 60.2 Å². The summed E-state index contributed by atoms with van der Waals surface area (Å²) in [5.41, 5.74) is -5.20. The third-order valence-electron chi connectivity index (χ3n) is 12.6. The molecule has 1 saturated heterocycles. The van der Waals surface area contributed by atoms with Crippen LogP contribution in [0.2, 0.25) is 0 Å². The molecule has 258 valence electrons. The molecule has 3 saturated carbocycles. The molecule has 0 spiro atoms. The molecule has 0 amide bonds. The Morgan fingerprint density at radius 1 is 0.978 bits per heavy atom. The SMILES string of the molecule is CC(C)(O)CC[C@@H](OC1O[C@H](CO)[C@@H](O)[C@H](O)[C@H]1O)[C@](C)(O)[C@H]1CC[C@@]2(O)C3=CC(=O)[C@H]4C[C@@H](O)[C@@H](O)C[C@]4(C)[C@H]3CC[C@]12C. The number of hydrogen-bond acceptors (Lipinski definition) is 12. The molecule has 1 aliphatic heterocycles. The lowest BCUT2D eigenvalue weighted by atomic mass is 9.45. The van der Waals surface area contributed by atoms with Gasteiger partial charge in [-0.2, -0.15) is 0 Å². The number of carbonyl (C=O) groups excluding carboxylic acids is 1. The van der Waals surface area contributed by atoms with E-state index in [1.165, 1.54) is 0 Å². The van der Waals surface area contributed by atoms with Crippen LogP contribution in [0.4, 0.5) is 0 Å². The van der Waals surface area contributed by atoms with Gasteiger partial charge in [0.2, 0.25) is 0 Å². The van der Waals surface area contributed by atoms with Crippen LogP contribution in [-0.2, 0) is 14.3 Å². The molecule has 15 atom stereocenters. The highest BCUT2D eigenvalue weighted by Gasteiger charge is 2.69. The Hall–Kier alpha value is -1.03. The van der Waals surface area contributed by atoms with Crippen LogP contribution < -0.4 is 0 Å². The molecular weight excluding hydrogens is 588 g/mol.